The van der Waals surface area contributed by atoms with Crippen LogP contribution in [0.4, 0.5) is 5.69 Å². The molecule has 1 heterocycles. The molecule has 110 valence electrons. The number of nitro benzene ring substituents is 1. The van der Waals surface area contributed by atoms with Gasteiger partial charge in [0, 0.05) is 18.2 Å². The Morgan fingerprint density at radius 1 is 1.35 bits per heavy atom. The molecule has 0 bridgehead atoms. The minimum absolute atomic E-state index is 0.208. The lowest BCUT2D eigenvalue weighted by Gasteiger charge is -2.28. The second kappa shape index (κ2) is 7.36. The molecular weight excluding hydrogens is 254 g/mol. The Morgan fingerprint density at radius 2 is 2.05 bits per heavy atom. The van der Waals surface area contributed by atoms with Gasteiger partial charge in [-0.3, -0.25) is 10.1 Å². The minimum atomic E-state index is -0.312. The zero-order valence-corrected chi connectivity index (χ0v) is 12.0. The van der Waals surface area contributed by atoms with Gasteiger partial charge in [0.15, 0.2) is 0 Å². The molecule has 20 heavy (non-hydrogen) atoms. The lowest BCUT2D eigenvalue weighted by atomic mass is 9.94. The number of likely N-dealkylation sites (tertiary alicyclic amines) is 1. The lowest BCUT2D eigenvalue weighted by Crippen LogP contribution is -2.31. The second-order valence-corrected chi connectivity index (χ2v) is 5.60. The Hall–Kier alpha value is -1.46. The van der Waals surface area contributed by atoms with Gasteiger partial charge in [-0.1, -0.05) is 18.2 Å². The number of benzene rings is 1. The van der Waals surface area contributed by atoms with E-state index in [2.05, 4.69) is 17.3 Å². The quantitative estimate of drug-likeness (QED) is 0.493. The molecule has 2 rings (SSSR count). The maximum atomic E-state index is 10.9. The van der Waals surface area contributed by atoms with Crippen molar-refractivity contribution in [2.24, 2.45) is 5.92 Å². The fraction of sp³-hybridized carbons (Fsp3) is 0.600. The summed E-state index contributed by atoms with van der Waals surface area (Å²) < 4.78 is 0. The molecule has 5 heteroatoms. The normalized spacial score (nSPS) is 17.2. The molecule has 0 radical (unpaired) electrons. The molecule has 0 atom stereocenters. The number of piperidine rings is 1. The molecule has 0 amide bonds. The first kappa shape index (κ1) is 14.9. The third-order valence-corrected chi connectivity index (χ3v) is 4.07. The third kappa shape index (κ3) is 4.28. The highest BCUT2D eigenvalue weighted by atomic mass is 16.6. The fourth-order valence-electron chi connectivity index (χ4n) is 2.72. The molecule has 0 spiro atoms. The largest absolute Gasteiger partial charge is 0.312 e. The summed E-state index contributed by atoms with van der Waals surface area (Å²) in [4.78, 5) is 13.0. The van der Waals surface area contributed by atoms with Crippen LogP contribution in [-0.4, -0.2) is 36.5 Å². The number of para-hydroxylation sites is 1. The first-order valence-corrected chi connectivity index (χ1v) is 7.28. The molecular formula is C15H23N3O2. The molecule has 0 aliphatic carbocycles. The molecule has 0 aromatic heterocycles. The van der Waals surface area contributed by atoms with E-state index >= 15 is 0 Å². The van der Waals surface area contributed by atoms with E-state index in [1.807, 2.05) is 12.1 Å². The van der Waals surface area contributed by atoms with Gasteiger partial charge in [-0.25, -0.2) is 0 Å². The maximum absolute atomic E-state index is 10.9. The zero-order valence-electron chi connectivity index (χ0n) is 12.0. The van der Waals surface area contributed by atoms with Crippen molar-refractivity contribution in [3.8, 4) is 0 Å². The number of hydrogen-bond acceptors (Lipinski definition) is 4. The zero-order chi connectivity index (χ0) is 14.4. The summed E-state index contributed by atoms with van der Waals surface area (Å²) in [6, 6.07) is 6.94. The summed E-state index contributed by atoms with van der Waals surface area (Å²) in [6.45, 7) is 3.88. The Morgan fingerprint density at radius 3 is 2.75 bits per heavy atom. The van der Waals surface area contributed by atoms with Crippen LogP contribution >= 0.6 is 0 Å². The van der Waals surface area contributed by atoms with Crippen LogP contribution in [0, 0.1) is 16.0 Å². The van der Waals surface area contributed by atoms with Crippen LogP contribution in [-0.2, 0) is 6.54 Å². The lowest BCUT2D eigenvalue weighted by molar-refractivity contribution is -0.385. The first-order valence-electron chi connectivity index (χ1n) is 7.28. The third-order valence-electron chi connectivity index (χ3n) is 4.07. The molecule has 1 aromatic carbocycles. The summed E-state index contributed by atoms with van der Waals surface area (Å²) in [5.41, 5.74) is 0.972. The van der Waals surface area contributed by atoms with Crippen molar-refractivity contribution >= 4 is 5.69 Å². The van der Waals surface area contributed by atoms with Gasteiger partial charge < -0.3 is 10.2 Å². The summed E-state index contributed by atoms with van der Waals surface area (Å²) in [6.07, 6.45) is 3.70. The van der Waals surface area contributed by atoms with Gasteiger partial charge in [-0.2, -0.15) is 0 Å². The molecule has 1 N–H and O–H groups in total. The second-order valence-electron chi connectivity index (χ2n) is 5.60. The highest BCUT2D eigenvalue weighted by Gasteiger charge is 2.16. The Labute approximate surface area is 120 Å². The van der Waals surface area contributed by atoms with Crippen molar-refractivity contribution in [2.45, 2.75) is 25.8 Å². The average molecular weight is 277 g/mol. The van der Waals surface area contributed by atoms with Gasteiger partial charge in [-0.15, -0.1) is 0 Å². The van der Waals surface area contributed by atoms with Crippen molar-refractivity contribution < 1.29 is 4.92 Å². The molecule has 1 fully saturated rings. The van der Waals surface area contributed by atoms with Gasteiger partial charge >= 0.3 is 0 Å². The van der Waals surface area contributed by atoms with Crippen LogP contribution in [0.15, 0.2) is 24.3 Å². The monoisotopic (exact) mass is 277 g/mol. The van der Waals surface area contributed by atoms with E-state index < -0.39 is 0 Å². The van der Waals surface area contributed by atoms with Crippen LogP contribution in [0.25, 0.3) is 0 Å². The molecule has 1 aromatic rings. The van der Waals surface area contributed by atoms with E-state index in [0.29, 0.717) is 6.54 Å². The molecule has 1 aliphatic rings. The van der Waals surface area contributed by atoms with Crippen LogP contribution in [0.1, 0.15) is 24.8 Å². The molecule has 1 saturated heterocycles. The summed E-state index contributed by atoms with van der Waals surface area (Å²) in [5, 5.41) is 14.2. The van der Waals surface area contributed by atoms with Crippen LogP contribution in [0.5, 0.6) is 0 Å². The number of rotatable bonds is 6. The highest BCUT2D eigenvalue weighted by molar-refractivity contribution is 5.39. The van der Waals surface area contributed by atoms with E-state index in [4.69, 9.17) is 0 Å². The molecule has 0 saturated carbocycles. The Balaban J connectivity index is 1.72. The SMILES string of the molecule is CN1CCC(CCNCc2ccccc2[N+](=O)[O-])CC1. The maximum Gasteiger partial charge on any atom is 0.273 e. The fourth-order valence-corrected chi connectivity index (χ4v) is 2.72. The predicted molar refractivity (Wildman–Crippen MR) is 79.6 cm³/mol. The van der Waals surface area contributed by atoms with E-state index in [0.717, 1.165) is 24.4 Å². The Bertz CT molecular complexity index is 442. The van der Waals surface area contributed by atoms with Crippen molar-refractivity contribution in [2.75, 3.05) is 26.7 Å². The standard InChI is InChI=1S/C15H23N3O2/c1-17-10-7-13(8-11-17)6-9-16-12-14-4-2-3-5-15(14)18(19)20/h2-5,13,16H,6-12H2,1H3. The smallest absolute Gasteiger partial charge is 0.273 e. The van der Waals surface area contributed by atoms with Crippen LogP contribution < -0.4 is 5.32 Å². The van der Waals surface area contributed by atoms with E-state index in [9.17, 15) is 10.1 Å². The van der Waals surface area contributed by atoms with Crippen molar-refractivity contribution in [1.29, 1.82) is 0 Å². The summed E-state index contributed by atoms with van der Waals surface area (Å²) in [5.74, 6) is 0.796. The van der Waals surface area contributed by atoms with Crippen molar-refractivity contribution in [3.63, 3.8) is 0 Å². The van der Waals surface area contributed by atoms with Crippen LogP contribution in [0.3, 0.4) is 0 Å². The van der Waals surface area contributed by atoms with Gasteiger partial charge in [-0.05, 0) is 51.9 Å². The minimum Gasteiger partial charge on any atom is -0.312 e. The summed E-state index contributed by atoms with van der Waals surface area (Å²) in [7, 11) is 2.17. The van der Waals surface area contributed by atoms with Gasteiger partial charge in [0.1, 0.15) is 0 Å². The topological polar surface area (TPSA) is 58.4 Å². The molecule has 5 nitrogen and oxygen atoms in total. The van der Waals surface area contributed by atoms with Gasteiger partial charge in [0.05, 0.1) is 4.92 Å². The van der Waals surface area contributed by atoms with E-state index in [-0.39, 0.29) is 10.6 Å². The number of nitro groups is 1. The van der Waals surface area contributed by atoms with Gasteiger partial charge in [0.2, 0.25) is 0 Å². The van der Waals surface area contributed by atoms with Crippen molar-refractivity contribution in [1.82, 2.24) is 10.2 Å². The molecule has 0 unspecified atom stereocenters. The average Bonchev–Trinajstić information content (AvgIpc) is 2.46. The number of nitrogens with zero attached hydrogens (tertiary/aromatic N) is 2. The Kier molecular flexibility index (Phi) is 5.49. The van der Waals surface area contributed by atoms with Crippen molar-refractivity contribution in [3.05, 3.63) is 39.9 Å². The predicted octanol–water partition coefficient (Wildman–Crippen LogP) is 2.42. The first-order chi connectivity index (χ1) is 9.66. The number of hydrogen-bond donors (Lipinski definition) is 1. The van der Waals surface area contributed by atoms with E-state index in [1.165, 1.54) is 25.9 Å². The van der Waals surface area contributed by atoms with E-state index in [1.54, 1.807) is 12.1 Å². The highest BCUT2D eigenvalue weighted by Crippen LogP contribution is 2.19. The number of nitrogens with one attached hydrogen (secondary N) is 1. The molecule has 1 aliphatic heterocycles. The van der Waals surface area contributed by atoms with Gasteiger partial charge in [0.25, 0.3) is 5.69 Å². The summed E-state index contributed by atoms with van der Waals surface area (Å²) >= 11 is 0. The van der Waals surface area contributed by atoms with Crippen LogP contribution in [0.2, 0.25) is 0 Å².